The maximum atomic E-state index is 12.6. The van der Waals surface area contributed by atoms with Gasteiger partial charge in [-0.2, -0.15) is 0 Å². The minimum absolute atomic E-state index is 0.0642. The molecular weight excluding hydrogens is 318 g/mol. The Morgan fingerprint density at radius 2 is 2.24 bits per heavy atom. The highest BCUT2D eigenvalue weighted by molar-refractivity contribution is 5.79. The molecule has 2 aliphatic heterocycles. The Balaban J connectivity index is 1.36. The molecule has 6 heteroatoms. The van der Waals surface area contributed by atoms with Crippen molar-refractivity contribution in [1.82, 2.24) is 15.2 Å². The SMILES string of the molecule is O=C(NCc1ccco1)[C@H]1COC[C@H]2CN(Cc3cccnc3)C[C@H]21. The van der Waals surface area contributed by atoms with Crippen molar-refractivity contribution in [3.8, 4) is 0 Å². The van der Waals surface area contributed by atoms with E-state index in [1.54, 1.807) is 12.5 Å². The van der Waals surface area contributed by atoms with E-state index >= 15 is 0 Å². The highest BCUT2D eigenvalue weighted by Crippen LogP contribution is 2.34. The first-order chi connectivity index (χ1) is 12.3. The first kappa shape index (κ1) is 16.3. The third kappa shape index (κ3) is 3.75. The molecule has 0 aromatic carbocycles. The fraction of sp³-hybridized carbons (Fsp3) is 0.474. The highest BCUT2D eigenvalue weighted by atomic mass is 16.5. The summed E-state index contributed by atoms with van der Waals surface area (Å²) in [5.74, 6) is 1.51. The van der Waals surface area contributed by atoms with Gasteiger partial charge in [0, 0.05) is 32.0 Å². The van der Waals surface area contributed by atoms with Crippen LogP contribution in [0.3, 0.4) is 0 Å². The molecule has 132 valence electrons. The largest absolute Gasteiger partial charge is 0.467 e. The number of rotatable bonds is 5. The van der Waals surface area contributed by atoms with Crippen LogP contribution in [0.4, 0.5) is 0 Å². The molecule has 25 heavy (non-hydrogen) atoms. The Bertz CT molecular complexity index is 689. The number of fused-ring (bicyclic) bond motifs is 1. The third-order valence-corrected chi connectivity index (χ3v) is 5.20. The van der Waals surface area contributed by atoms with Crippen molar-refractivity contribution < 1.29 is 13.9 Å². The number of nitrogens with zero attached hydrogens (tertiary/aromatic N) is 2. The topological polar surface area (TPSA) is 67.6 Å². The van der Waals surface area contributed by atoms with E-state index in [0.29, 0.717) is 25.0 Å². The van der Waals surface area contributed by atoms with E-state index in [0.717, 1.165) is 32.0 Å². The average molecular weight is 341 g/mol. The summed E-state index contributed by atoms with van der Waals surface area (Å²) in [4.78, 5) is 19.2. The molecule has 1 N–H and O–H groups in total. The Hall–Kier alpha value is -2.18. The summed E-state index contributed by atoms with van der Waals surface area (Å²) in [5, 5.41) is 2.99. The van der Waals surface area contributed by atoms with Gasteiger partial charge in [-0.3, -0.25) is 14.7 Å². The van der Waals surface area contributed by atoms with Crippen LogP contribution in [0.25, 0.3) is 0 Å². The molecule has 2 aromatic heterocycles. The summed E-state index contributed by atoms with van der Waals surface area (Å²) in [6.07, 6.45) is 5.32. The van der Waals surface area contributed by atoms with Gasteiger partial charge < -0.3 is 14.5 Å². The summed E-state index contributed by atoms with van der Waals surface area (Å²) < 4.78 is 11.0. The van der Waals surface area contributed by atoms with Crippen molar-refractivity contribution in [2.24, 2.45) is 17.8 Å². The molecule has 1 amide bonds. The molecule has 0 bridgehead atoms. The van der Waals surface area contributed by atoms with E-state index in [9.17, 15) is 4.79 Å². The average Bonchev–Trinajstić information content (AvgIpc) is 3.29. The van der Waals surface area contributed by atoms with Crippen molar-refractivity contribution in [2.45, 2.75) is 13.1 Å². The summed E-state index contributed by atoms with van der Waals surface area (Å²) in [5.41, 5.74) is 1.21. The van der Waals surface area contributed by atoms with E-state index in [4.69, 9.17) is 9.15 Å². The molecule has 0 spiro atoms. The number of carbonyl (C=O) groups is 1. The summed E-state index contributed by atoms with van der Waals surface area (Å²) in [6.45, 7) is 4.46. The predicted octanol–water partition coefficient (Wildman–Crippen LogP) is 1.69. The van der Waals surface area contributed by atoms with Crippen molar-refractivity contribution >= 4 is 5.91 Å². The second kappa shape index (κ2) is 7.37. The Labute approximate surface area is 147 Å². The van der Waals surface area contributed by atoms with Crippen LogP contribution in [0.2, 0.25) is 0 Å². The monoisotopic (exact) mass is 341 g/mol. The van der Waals surface area contributed by atoms with E-state index < -0.39 is 0 Å². The fourth-order valence-electron chi connectivity index (χ4n) is 3.96. The molecule has 6 nitrogen and oxygen atoms in total. The van der Waals surface area contributed by atoms with Gasteiger partial charge in [-0.05, 0) is 35.6 Å². The molecule has 0 unspecified atom stereocenters. The lowest BCUT2D eigenvalue weighted by molar-refractivity contribution is -0.133. The third-order valence-electron chi connectivity index (χ3n) is 5.20. The Morgan fingerprint density at radius 3 is 3.04 bits per heavy atom. The molecule has 2 aromatic rings. The molecule has 2 saturated heterocycles. The number of hydrogen-bond donors (Lipinski definition) is 1. The molecular formula is C19H23N3O3. The van der Waals surface area contributed by atoms with Crippen molar-refractivity contribution in [2.75, 3.05) is 26.3 Å². The van der Waals surface area contributed by atoms with E-state index in [2.05, 4.69) is 21.3 Å². The zero-order chi connectivity index (χ0) is 17.1. The first-order valence-electron chi connectivity index (χ1n) is 8.78. The number of nitrogens with one attached hydrogen (secondary N) is 1. The van der Waals surface area contributed by atoms with Gasteiger partial charge >= 0.3 is 0 Å². The molecule has 0 aliphatic carbocycles. The van der Waals surface area contributed by atoms with Crippen molar-refractivity contribution in [3.63, 3.8) is 0 Å². The van der Waals surface area contributed by atoms with E-state index in [1.807, 2.05) is 24.4 Å². The van der Waals surface area contributed by atoms with Crippen molar-refractivity contribution in [1.29, 1.82) is 0 Å². The number of furan rings is 1. The second-order valence-electron chi connectivity index (χ2n) is 6.92. The minimum Gasteiger partial charge on any atom is -0.467 e. The molecule has 4 heterocycles. The standard InChI is InChI=1S/C19H23N3O3/c23-19(21-8-16-4-2-6-25-16)18-13-24-12-15-10-22(11-17(15)18)9-14-3-1-5-20-7-14/h1-7,15,17-18H,8-13H2,(H,21,23)/t15-,17-,18+/m1/s1. The van der Waals surface area contributed by atoms with Crippen LogP contribution in [-0.4, -0.2) is 42.1 Å². The number of amides is 1. The molecule has 3 atom stereocenters. The minimum atomic E-state index is -0.0902. The lowest BCUT2D eigenvalue weighted by Crippen LogP contribution is -2.44. The van der Waals surface area contributed by atoms with Crippen LogP contribution in [0.1, 0.15) is 11.3 Å². The van der Waals surface area contributed by atoms with Crippen molar-refractivity contribution in [3.05, 3.63) is 54.2 Å². The van der Waals surface area contributed by atoms with Crippen LogP contribution in [0.5, 0.6) is 0 Å². The number of aromatic nitrogens is 1. The Kier molecular flexibility index (Phi) is 4.81. The lowest BCUT2D eigenvalue weighted by Gasteiger charge is -2.31. The van der Waals surface area contributed by atoms with Gasteiger partial charge in [0.25, 0.3) is 0 Å². The molecule has 0 saturated carbocycles. The number of likely N-dealkylation sites (tertiary alicyclic amines) is 1. The summed E-state index contributed by atoms with van der Waals surface area (Å²) in [7, 11) is 0. The molecule has 2 fully saturated rings. The van der Waals surface area contributed by atoms with Gasteiger partial charge in [0.15, 0.2) is 0 Å². The number of ether oxygens (including phenoxy) is 1. The van der Waals surface area contributed by atoms with Gasteiger partial charge in [-0.25, -0.2) is 0 Å². The predicted molar refractivity (Wildman–Crippen MR) is 91.4 cm³/mol. The fourth-order valence-corrected chi connectivity index (χ4v) is 3.96. The highest BCUT2D eigenvalue weighted by Gasteiger charge is 2.43. The number of carbonyl (C=O) groups excluding carboxylic acids is 1. The van der Waals surface area contributed by atoms with Gasteiger partial charge in [0.05, 0.1) is 31.9 Å². The van der Waals surface area contributed by atoms with Crippen LogP contribution in [0.15, 0.2) is 47.3 Å². The maximum absolute atomic E-state index is 12.6. The van der Waals surface area contributed by atoms with E-state index in [1.165, 1.54) is 5.56 Å². The van der Waals surface area contributed by atoms with Gasteiger partial charge in [0.1, 0.15) is 5.76 Å². The molecule has 4 rings (SSSR count). The number of pyridine rings is 1. The molecule has 2 aliphatic rings. The summed E-state index contributed by atoms with van der Waals surface area (Å²) >= 11 is 0. The normalized spacial score (nSPS) is 26.3. The summed E-state index contributed by atoms with van der Waals surface area (Å²) in [6, 6.07) is 7.76. The zero-order valence-electron chi connectivity index (χ0n) is 14.1. The smallest absolute Gasteiger partial charge is 0.226 e. The van der Waals surface area contributed by atoms with Crippen LogP contribution in [0, 0.1) is 17.8 Å². The van der Waals surface area contributed by atoms with Crippen LogP contribution < -0.4 is 5.32 Å². The first-order valence-corrected chi connectivity index (χ1v) is 8.78. The second-order valence-corrected chi connectivity index (χ2v) is 6.92. The van der Waals surface area contributed by atoms with E-state index in [-0.39, 0.29) is 11.8 Å². The quantitative estimate of drug-likeness (QED) is 0.896. The lowest BCUT2D eigenvalue weighted by atomic mass is 9.82. The van der Waals surface area contributed by atoms with Gasteiger partial charge in [-0.1, -0.05) is 6.07 Å². The van der Waals surface area contributed by atoms with Crippen LogP contribution in [-0.2, 0) is 22.6 Å². The number of hydrogen-bond acceptors (Lipinski definition) is 5. The Morgan fingerprint density at radius 1 is 1.28 bits per heavy atom. The zero-order valence-corrected chi connectivity index (χ0v) is 14.1. The maximum Gasteiger partial charge on any atom is 0.226 e. The molecule has 0 radical (unpaired) electrons. The van der Waals surface area contributed by atoms with Gasteiger partial charge in [0.2, 0.25) is 5.91 Å². The van der Waals surface area contributed by atoms with Gasteiger partial charge in [-0.15, -0.1) is 0 Å². The van der Waals surface area contributed by atoms with Crippen LogP contribution >= 0.6 is 0 Å².